The highest BCUT2D eigenvalue weighted by atomic mass is 16.5. The number of hydrogen-bond acceptors (Lipinski definition) is 2. The molecular weight excluding hydrogens is 198 g/mol. The van der Waals surface area contributed by atoms with Crippen LogP contribution in [-0.4, -0.2) is 25.3 Å². The smallest absolute Gasteiger partial charge is 0.0597 e. The Hall–Kier alpha value is -0.340. The number of nitrogens with one attached hydrogen (secondary N) is 1. The van der Waals surface area contributed by atoms with Crippen molar-refractivity contribution in [2.75, 3.05) is 7.05 Å². The molecule has 0 saturated carbocycles. The van der Waals surface area contributed by atoms with Gasteiger partial charge in [0.25, 0.3) is 0 Å². The van der Waals surface area contributed by atoms with E-state index in [0.717, 1.165) is 6.42 Å². The van der Waals surface area contributed by atoms with Crippen molar-refractivity contribution in [1.29, 1.82) is 0 Å². The van der Waals surface area contributed by atoms with Crippen LogP contribution in [-0.2, 0) is 4.74 Å². The van der Waals surface area contributed by atoms with E-state index in [1.54, 1.807) is 0 Å². The zero-order chi connectivity index (χ0) is 12.1. The minimum Gasteiger partial charge on any atom is -0.375 e. The fourth-order valence-electron chi connectivity index (χ4n) is 3.00. The SMILES string of the molecule is C=CCCCC(NC)C1C(C)OC(C)C1C. The molecule has 16 heavy (non-hydrogen) atoms. The van der Waals surface area contributed by atoms with Crippen molar-refractivity contribution in [2.45, 2.75) is 58.3 Å². The van der Waals surface area contributed by atoms with E-state index in [4.69, 9.17) is 4.74 Å². The Morgan fingerprint density at radius 3 is 2.44 bits per heavy atom. The lowest BCUT2D eigenvalue weighted by atomic mass is 9.81. The molecule has 1 rings (SSSR count). The highest BCUT2D eigenvalue weighted by Crippen LogP contribution is 2.35. The van der Waals surface area contributed by atoms with Gasteiger partial charge in [-0.1, -0.05) is 13.0 Å². The van der Waals surface area contributed by atoms with E-state index in [-0.39, 0.29) is 0 Å². The first kappa shape index (κ1) is 13.7. The van der Waals surface area contributed by atoms with Crippen molar-refractivity contribution in [3.8, 4) is 0 Å². The summed E-state index contributed by atoms with van der Waals surface area (Å²) in [6.45, 7) is 10.5. The molecule has 0 spiro atoms. The summed E-state index contributed by atoms with van der Waals surface area (Å²) in [6, 6.07) is 0.579. The quantitative estimate of drug-likeness (QED) is 0.554. The van der Waals surface area contributed by atoms with Crippen LogP contribution in [0, 0.1) is 11.8 Å². The van der Waals surface area contributed by atoms with Gasteiger partial charge in [0.1, 0.15) is 0 Å². The molecule has 5 atom stereocenters. The molecule has 0 aromatic carbocycles. The standard InChI is InChI=1S/C14H27NO/c1-6-7-8-9-13(15-5)14-10(2)11(3)16-12(14)4/h6,10-15H,1,7-9H2,2-5H3. The lowest BCUT2D eigenvalue weighted by Crippen LogP contribution is -2.40. The molecule has 1 heterocycles. The lowest BCUT2D eigenvalue weighted by Gasteiger charge is -2.28. The molecule has 2 nitrogen and oxygen atoms in total. The highest BCUT2D eigenvalue weighted by molar-refractivity contribution is 4.91. The molecule has 0 aromatic rings. The van der Waals surface area contributed by atoms with E-state index in [2.05, 4.69) is 39.7 Å². The maximum Gasteiger partial charge on any atom is 0.0597 e. The Kier molecular flexibility index (Phi) is 5.50. The molecule has 1 aliphatic heterocycles. The summed E-state index contributed by atoms with van der Waals surface area (Å²) >= 11 is 0. The van der Waals surface area contributed by atoms with Gasteiger partial charge < -0.3 is 10.1 Å². The minimum atomic E-state index is 0.381. The summed E-state index contributed by atoms with van der Waals surface area (Å²) in [4.78, 5) is 0. The average Bonchev–Trinajstić information content (AvgIpc) is 2.50. The predicted molar refractivity (Wildman–Crippen MR) is 69.6 cm³/mol. The zero-order valence-electron chi connectivity index (χ0n) is 11.2. The largest absolute Gasteiger partial charge is 0.375 e. The van der Waals surface area contributed by atoms with E-state index in [0.29, 0.717) is 30.1 Å². The van der Waals surface area contributed by atoms with Crippen LogP contribution in [0.2, 0.25) is 0 Å². The van der Waals surface area contributed by atoms with Crippen molar-refractivity contribution >= 4 is 0 Å². The van der Waals surface area contributed by atoms with Gasteiger partial charge in [-0.15, -0.1) is 6.58 Å². The second-order valence-corrected chi connectivity index (χ2v) is 5.10. The van der Waals surface area contributed by atoms with Crippen molar-refractivity contribution in [3.05, 3.63) is 12.7 Å². The van der Waals surface area contributed by atoms with Gasteiger partial charge in [-0.2, -0.15) is 0 Å². The summed E-state index contributed by atoms with van der Waals surface area (Å²) in [5.74, 6) is 1.29. The van der Waals surface area contributed by atoms with E-state index < -0.39 is 0 Å². The summed E-state index contributed by atoms with van der Waals surface area (Å²) < 4.78 is 5.91. The Morgan fingerprint density at radius 1 is 1.31 bits per heavy atom. The molecule has 0 aromatic heterocycles. The van der Waals surface area contributed by atoms with Crippen molar-refractivity contribution in [2.24, 2.45) is 11.8 Å². The predicted octanol–water partition coefficient (Wildman–Crippen LogP) is 2.99. The van der Waals surface area contributed by atoms with Gasteiger partial charge in [0.2, 0.25) is 0 Å². The summed E-state index contributed by atoms with van der Waals surface area (Å²) in [7, 11) is 2.07. The van der Waals surface area contributed by atoms with Crippen molar-refractivity contribution in [3.63, 3.8) is 0 Å². The van der Waals surface area contributed by atoms with Gasteiger partial charge in [0.15, 0.2) is 0 Å². The molecule has 0 radical (unpaired) electrons. The van der Waals surface area contributed by atoms with Gasteiger partial charge >= 0.3 is 0 Å². The topological polar surface area (TPSA) is 21.3 Å². The Bertz CT molecular complexity index is 217. The summed E-state index contributed by atoms with van der Waals surface area (Å²) in [5, 5.41) is 3.47. The van der Waals surface area contributed by atoms with Crippen LogP contribution < -0.4 is 5.32 Å². The van der Waals surface area contributed by atoms with Crippen molar-refractivity contribution < 1.29 is 4.74 Å². The van der Waals surface area contributed by atoms with Crippen molar-refractivity contribution in [1.82, 2.24) is 5.32 Å². The Balaban J connectivity index is 2.53. The van der Waals surface area contributed by atoms with E-state index in [1.165, 1.54) is 12.8 Å². The van der Waals surface area contributed by atoms with Crippen LogP contribution in [0.25, 0.3) is 0 Å². The molecular formula is C14H27NO. The van der Waals surface area contributed by atoms with Gasteiger partial charge in [0.05, 0.1) is 12.2 Å². The third kappa shape index (κ3) is 3.08. The van der Waals surface area contributed by atoms with Gasteiger partial charge in [-0.25, -0.2) is 0 Å². The monoisotopic (exact) mass is 225 g/mol. The number of unbranched alkanes of at least 4 members (excludes halogenated alkanes) is 1. The Labute approximate surface area is 100 Å². The molecule has 0 aliphatic carbocycles. The van der Waals surface area contributed by atoms with Crippen LogP contribution in [0.4, 0.5) is 0 Å². The zero-order valence-corrected chi connectivity index (χ0v) is 11.2. The minimum absolute atomic E-state index is 0.381. The first-order valence-electron chi connectivity index (χ1n) is 6.55. The molecule has 94 valence electrons. The third-order valence-corrected chi connectivity index (χ3v) is 4.08. The summed E-state index contributed by atoms with van der Waals surface area (Å²) in [6.07, 6.45) is 6.34. The van der Waals surface area contributed by atoms with E-state index in [9.17, 15) is 0 Å². The fourth-order valence-corrected chi connectivity index (χ4v) is 3.00. The fraction of sp³-hybridized carbons (Fsp3) is 0.857. The molecule has 0 bridgehead atoms. The maximum absolute atomic E-state index is 5.91. The van der Waals surface area contributed by atoms with Crippen LogP contribution in [0.1, 0.15) is 40.0 Å². The third-order valence-electron chi connectivity index (χ3n) is 4.08. The maximum atomic E-state index is 5.91. The normalized spacial score (nSPS) is 36.2. The van der Waals surface area contributed by atoms with Crippen LogP contribution >= 0.6 is 0 Å². The number of rotatable bonds is 6. The van der Waals surface area contributed by atoms with Crippen LogP contribution in [0.15, 0.2) is 12.7 Å². The van der Waals surface area contributed by atoms with E-state index in [1.807, 2.05) is 6.08 Å². The van der Waals surface area contributed by atoms with Gasteiger partial charge in [0, 0.05) is 12.0 Å². The average molecular weight is 225 g/mol. The highest BCUT2D eigenvalue weighted by Gasteiger charge is 2.40. The number of allylic oxidation sites excluding steroid dienone is 1. The van der Waals surface area contributed by atoms with Gasteiger partial charge in [-0.05, 0) is 46.1 Å². The van der Waals surface area contributed by atoms with Gasteiger partial charge in [-0.3, -0.25) is 0 Å². The molecule has 1 fully saturated rings. The first-order chi connectivity index (χ1) is 7.61. The first-order valence-corrected chi connectivity index (χ1v) is 6.55. The number of hydrogen-bond donors (Lipinski definition) is 1. The Morgan fingerprint density at radius 2 is 2.00 bits per heavy atom. The molecule has 2 heteroatoms. The molecule has 0 amide bonds. The second kappa shape index (κ2) is 6.41. The number of ether oxygens (including phenoxy) is 1. The van der Waals surface area contributed by atoms with Crippen LogP contribution in [0.5, 0.6) is 0 Å². The molecule has 1 aliphatic rings. The molecule has 1 saturated heterocycles. The molecule has 5 unspecified atom stereocenters. The molecule has 1 N–H and O–H groups in total. The lowest BCUT2D eigenvalue weighted by molar-refractivity contribution is 0.0474. The van der Waals surface area contributed by atoms with Crippen LogP contribution in [0.3, 0.4) is 0 Å². The summed E-state index contributed by atoms with van der Waals surface area (Å²) in [5.41, 5.74) is 0. The van der Waals surface area contributed by atoms with E-state index >= 15 is 0 Å². The second-order valence-electron chi connectivity index (χ2n) is 5.10.